The second-order valence-electron chi connectivity index (χ2n) is 5.08. The molecule has 3 heteroatoms. The maximum absolute atomic E-state index is 3.51. The Bertz CT molecular complexity index is 346. The summed E-state index contributed by atoms with van der Waals surface area (Å²) in [5, 5.41) is 2.18. The first-order chi connectivity index (χ1) is 7.26. The lowest BCUT2D eigenvalue weighted by molar-refractivity contribution is 0.000478. The number of thiophene rings is 1. The summed E-state index contributed by atoms with van der Waals surface area (Å²) in [7, 11) is 0. The van der Waals surface area contributed by atoms with Gasteiger partial charge in [0.05, 0.1) is 0 Å². The van der Waals surface area contributed by atoms with Crippen LogP contribution >= 0.6 is 27.3 Å². The highest BCUT2D eigenvalue weighted by Crippen LogP contribution is 2.45. The molecule has 1 aliphatic carbocycles. The zero-order chi connectivity index (χ0) is 10.3. The predicted molar refractivity (Wildman–Crippen MR) is 68.2 cm³/mol. The van der Waals surface area contributed by atoms with Gasteiger partial charge in [0.2, 0.25) is 0 Å². The van der Waals surface area contributed by atoms with Crippen molar-refractivity contribution in [3.8, 4) is 0 Å². The van der Waals surface area contributed by atoms with E-state index in [0.717, 1.165) is 12.0 Å². The minimum Gasteiger partial charge on any atom is -0.297 e. The van der Waals surface area contributed by atoms with Crippen LogP contribution in [0.25, 0.3) is 0 Å². The first kappa shape index (κ1) is 10.3. The molecule has 2 fully saturated rings. The van der Waals surface area contributed by atoms with Crippen LogP contribution in [0.1, 0.15) is 30.6 Å². The van der Waals surface area contributed by atoms with Gasteiger partial charge in [0.15, 0.2) is 0 Å². The molecule has 0 atom stereocenters. The molecule has 1 spiro atoms. The topological polar surface area (TPSA) is 3.24 Å². The Morgan fingerprint density at radius 1 is 1.33 bits per heavy atom. The van der Waals surface area contributed by atoms with Crippen LogP contribution in [0.15, 0.2) is 15.9 Å². The summed E-state index contributed by atoms with van der Waals surface area (Å²) in [5.41, 5.74) is 0.745. The Balaban J connectivity index is 1.55. The minimum absolute atomic E-state index is 0.745. The lowest BCUT2D eigenvalue weighted by Crippen LogP contribution is -2.53. The van der Waals surface area contributed by atoms with Gasteiger partial charge in [-0.1, -0.05) is 12.8 Å². The predicted octanol–water partition coefficient (Wildman–Crippen LogP) is 3.89. The van der Waals surface area contributed by atoms with E-state index in [9.17, 15) is 0 Å². The summed E-state index contributed by atoms with van der Waals surface area (Å²) in [6.45, 7) is 3.86. The van der Waals surface area contributed by atoms with Crippen LogP contribution in [0.5, 0.6) is 0 Å². The molecule has 2 aliphatic rings. The number of hydrogen-bond acceptors (Lipinski definition) is 2. The molecule has 1 saturated carbocycles. The van der Waals surface area contributed by atoms with Gasteiger partial charge in [-0.3, -0.25) is 4.90 Å². The molecule has 1 nitrogen and oxygen atoms in total. The summed E-state index contributed by atoms with van der Waals surface area (Å²) < 4.78 is 1.23. The van der Waals surface area contributed by atoms with E-state index >= 15 is 0 Å². The molecular weight excluding hydrogens is 270 g/mol. The second kappa shape index (κ2) is 3.86. The van der Waals surface area contributed by atoms with E-state index in [4.69, 9.17) is 0 Å². The Labute approximate surface area is 104 Å². The van der Waals surface area contributed by atoms with Crippen LogP contribution in [0, 0.1) is 5.41 Å². The molecular formula is C12H16BrNS. The first-order valence-electron chi connectivity index (χ1n) is 5.71. The van der Waals surface area contributed by atoms with Gasteiger partial charge in [0.1, 0.15) is 0 Å². The summed E-state index contributed by atoms with van der Waals surface area (Å²) >= 11 is 5.38. The number of halogens is 1. The second-order valence-corrected chi connectivity index (χ2v) is 6.99. The van der Waals surface area contributed by atoms with Crippen molar-refractivity contribution in [3.05, 3.63) is 20.8 Å². The van der Waals surface area contributed by atoms with E-state index in [1.54, 1.807) is 0 Å². The van der Waals surface area contributed by atoms with Crippen molar-refractivity contribution in [3.63, 3.8) is 0 Å². The van der Waals surface area contributed by atoms with Crippen LogP contribution in [-0.2, 0) is 6.54 Å². The largest absolute Gasteiger partial charge is 0.297 e. The van der Waals surface area contributed by atoms with Crippen LogP contribution in [0.4, 0.5) is 0 Å². The average molecular weight is 286 g/mol. The van der Waals surface area contributed by atoms with Crippen molar-refractivity contribution in [2.24, 2.45) is 5.41 Å². The van der Waals surface area contributed by atoms with Crippen molar-refractivity contribution in [1.82, 2.24) is 4.90 Å². The van der Waals surface area contributed by atoms with Gasteiger partial charge in [-0.15, -0.1) is 11.3 Å². The van der Waals surface area contributed by atoms with E-state index in [0.29, 0.717) is 0 Å². The van der Waals surface area contributed by atoms with Crippen LogP contribution in [0.2, 0.25) is 0 Å². The van der Waals surface area contributed by atoms with Gasteiger partial charge >= 0.3 is 0 Å². The summed E-state index contributed by atoms with van der Waals surface area (Å²) in [6.07, 6.45) is 5.91. The maximum Gasteiger partial charge on any atom is 0.0328 e. The van der Waals surface area contributed by atoms with E-state index in [2.05, 4.69) is 32.3 Å². The van der Waals surface area contributed by atoms with Crippen LogP contribution < -0.4 is 0 Å². The lowest BCUT2D eigenvalue weighted by Gasteiger charge is -2.48. The third-order valence-electron chi connectivity index (χ3n) is 3.78. The molecule has 0 bridgehead atoms. The van der Waals surface area contributed by atoms with E-state index in [-0.39, 0.29) is 0 Å². The van der Waals surface area contributed by atoms with Crippen molar-refractivity contribution in [1.29, 1.82) is 0 Å². The van der Waals surface area contributed by atoms with Gasteiger partial charge in [-0.05, 0) is 40.3 Å². The fourth-order valence-corrected chi connectivity index (χ4v) is 4.60. The van der Waals surface area contributed by atoms with Gasteiger partial charge in [-0.25, -0.2) is 0 Å². The van der Waals surface area contributed by atoms with Crippen LogP contribution in [-0.4, -0.2) is 18.0 Å². The van der Waals surface area contributed by atoms with Crippen molar-refractivity contribution in [2.45, 2.75) is 32.2 Å². The van der Waals surface area contributed by atoms with Crippen LogP contribution in [0.3, 0.4) is 0 Å². The number of likely N-dealkylation sites (tertiary alicyclic amines) is 1. The Morgan fingerprint density at radius 2 is 2.07 bits per heavy atom. The minimum atomic E-state index is 0.745. The fraction of sp³-hybridized carbons (Fsp3) is 0.667. The number of nitrogens with zero attached hydrogens (tertiary/aromatic N) is 1. The summed E-state index contributed by atoms with van der Waals surface area (Å²) in [5.74, 6) is 0. The molecule has 2 heterocycles. The molecule has 0 unspecified atom stereocenters. The molecule has 0 radical (unpaired) electrons. The Hall–Kier alpha value is 0.140. The SMILES string of the molecule is Brc1csc(CN2CC3(CCCC3)C2)c1. The summed E-state index contributed by atoms with van der Waals surface area (Å²) in [4.78, 5) is 4.10. The Morgan fingerprint density at radius 3 is 2.67 bits per heavy atom. The van der Waals surface area contributed by atoms with Gasteiger partial charge < -0.3 is 0 Å². The van der Waals surface area contributed by atoms with E-state index in [1.165, 1.54) is 48.1 Å². The zero-order valence-corrected chi connectivity index (χ0v) is 11.2. The molecule has 1 aliphatic heterocycles. The number of hydrogen-bond donors (Lipinski definition) is 0. The number of rotatable bonds is 2. The van der Waals surface area contributed by atoms with Gasteiger partial charge in [0.25, 0.3) is 0 Å². The zero-order valence-electron chi connectivity index (χ0n) is 8.84. The molecule has 0 amide bonds. The molecule has 1 aromatic heterocycles. The highest BCUT2D eigenvalue weighted by atomic mass is 79.9. The van der Waals surface area contributed by atoms with E-state index < -0.39 is 0 Å². The van der Waals surface area contributed by atoms with Crippen molar-refractivity contribution < 1.29 is 0 Å². The van der Waals surface area contributed by atoms with Gasteiger partial charge in [0, 0.05) is 34.4 Å². The molecule has 1 saturated heterocycles. The molecule has 82 valence electrons. The van der Waals surface area contributed by atoms with Crippen molar-refractivity contribution >= 4 is 27.3 Å². The molecule has 1 aromatic rings. The van der Waals surface area contributed by atoms with Crippen molar-refractivity contribution in [2.75, 3.05) is 13.1 Å². The third-order valence-corrected chi connectivity index (χ3v) is 5.47. The molecule has 15 heavy (non-hydrogen) atoms. The fourth-order valence-electron chi connectivity index (χ4n) is 3.11. The highest BCUT2D eigenvalue weighted by molar-refractivity contribution is 9.10. The highest BCUT2D eigenvalue weighted by Gasteiger charge is 2.44. The lowest BCUT2D eigenvalue weighted by atomic mass is 9.78. The standard InChI is InChI=1S/C12H16BrNS/c13-10-5-11(15-7-10)6-14-8-12(9-14)3-1-2-4-12/h5,7H,1-4,6,8-9H2. The monoisotopic (exact) mass is 285 g/mol. The quantitative estimate of drug-likeness (QED) is 0.797. The molecule has 0 N–H and O–H groups in total. The third kappa shape index (κ3) is 2.02. The Kier molecular flexibility index (Phi) is 2.65. The first-order valence-corrected chi connectivity index (χ1v) is 7.38. The van der Waals surface area contributed by atoms with Gasteiger partial charge in [-0.2, -0.15) is 0 Å². The molecule has 3 rings (SSSR count). The summed E-state index contributed by atoms with van der Waals surface area (Å²) in [6, 6.07) is 2.25. The van der Waals surface area contributed by atoms with E-state index in [1.807, 2.05) is 11.3 Å². The maximum atomic E-state index is 3.51. The average Bonchev–Trinajstić information content (AvgIpc) is 2.74. The smallest absolute Gasteiger partial charge is 0.0328 e. The molecule has 0 aromatic carbocycles. The normalized spacial score (nSPS) is 24.6.